The summed E-state index contributed by atoms with van der Waals surface area (Å²) in [4.78, 5) is 12.7. The van der Waals surface area contributed by atoms with E-state index in [4.69, 9.17) is 16.3 Å². The normalized spacial score (nSPS) is 11.2. The molecule has 0 aliphatic rings. The Kier molecular flexibility index (Phi) is 7.19. The zero-order valence-electron chi connectivity index (χ0n) is 19.9. The quantitative estimate of drug-likeness (QED) is 0.229. The maximum absolute atomic E-state index is 12.7. The summed E-state index contributed by atoms with van der Waals surface area (Å²) >= 11 is 6.49. The summed E-state index contributed by atoms with van der Waals surface area (Å²) in [5.74, 6) is 0.0664. The van der Waals surface area contributed by atoms with Gasteiger partial charge >= 0.3 is 0 Å². The van der Waals surface area contributed by atoms with Crippen molar-refractivity contribution in [1.82, 2.24) is 0 Å². The maximum atomic E-state index is 12.7. The van der Waals surface area contributed by atoms with Gasteiger partial charge in [-0.05, 0) is 72.5 Å². The molecule has 4 rings (SSSR count). The largest absolute Gasteiger partial charge is 0.487 e. The number of benzene rings is 4. The predicted molar refractivity (Wildman–Crippen MR) is 143 cm³/mol. The number of nitrogens with zero attached hydrogens (tertiary/aromatic N) is 1. The third kappa shape index (κ3) is 5.54. The minimum Gasteiger partial charge on any atom is -0.487 e. The summed E-state index contributed by atoms with van der Waals surface area (Å²) < 4.78 is 6.05. The van der Waals surface area contributed by atoms with Gasteiger partial charge in [-0.1, -0.05) is 71.8 Å². The molecule has 0 fully saturated rings. The van der Waals surface area contributed by atoms with Crippen LogP contribution >= 0.6 is 11.6 Å². The number of rotatable bonds is 6. The molecule has 0 spiro atoms. The molecular formula is C30H25ClN2O2. The number of halogens is 1. The van der Waals surface area contributed by atoms with Crippen LogP contribution in [0.3, 0.4) is 0 Å². The Morgan fingerprint density at radius 1 is 1.00 bits per heavy atom. The Balaban J connectivity index is 1.51. The van der Waals surface area contributed by atoms with Gasteiger partial charge in [0.15, 0.2) is 0 Å². The van der Waals surface area contributed by atoms with Gasteiger partial charge in [-0.25, -0.2) is 0 Å². The van der Waals surface area contributed by atoms with Crippen LogP contribution in [0.5, 0.6) is 5.75 Å². The van der Waals surface area contributed by atoms with E-state index in [1.165, 1.54) is 6.08 Å². The Morgan fingerprint density at radius 3 is 2.54 bits per heavy atom. The second kappa shape index (κ2) is 10.5. The first kappa shape index (κ1) is 24.1. The van der Waals surface area contributed by atoms with E-state index in [0.717, 1.165) is 33.0 Å². The number of carbonyl (C=O) groups excluding carboxylic acids is 1. The third-order valence-corrected chi connectivity index (χ3v) is 6.20. The van der Waals surface area contributed by atoms with Gasteiger partial charge in [0.25, 0.3) is 5.91 Å². The van der Waals surface area contributed by atoms with E-state index in [2.05, 4.69) is 36.5 Å². The van der Waals surface area contributed by atoms with Crippen LogP contribution in [-0.2, 0) is 11.4 Å². The molecule has 4 aromatic carbocycles. The van der Waals surface area contributed by atoms with Crippen LogP contribution in [0.1, 0.15) is 27.8 Å². The summed E-state index contributed by atoms with van der Waals surface area (Å²) in [7, 11) is 0. The molecule has 0 aromatic heterocycles. The average Bonchev–Trinajstić information content (AvgIpc) is 2.84. The molecule has 0 radical (unpaired) electrons. The molecule has 0 saturated heterocycles. The molecule has 0 aliphatic heterocycles. The number of aryl methyl sites for hydroxylation is 3. The van der Waals surface area contributed by atoms with Crippen LogP contribution in [0.2, 0.25) is 5.02 Å². The third-order valence-electron chi connectivity index (χ3n) is 5.91. The molecule has 1 N–H and O–H groups in total. The van der Waals surface area contributed by atoms with Crippen LogP contribution < -0.4 is 10.1 Å². The van der Waals surface area contributed by atoms with Gasteiger partial charge < -0.3 is 10.1 Å². The highest BCUT2D eigenvalue weighted by Gasteiger charge is 2.12. The minimum absolute atomic E-state index is 0.0129. The summed E-state index contributed by atoms with van der Waals surface area (Å²) in [6.45, 7) is 6.34. The highest BCUT2D eigenvalue weighted by atomic mass is 35.5. The molecule has 0 bridgehead atoms. The highest BCUT2D eigenvalue weighted by molar-refractivity contribution is 6.32. The average molecular weight is 481 g/mol. The standard InChI is InChI=1S/C30H25ClN2O2/c1-19-8-12-28(21(3)14-19)33-30(34)24(17-32)15-22-10-13-29(27(31)16-22)35-18-26-20(2)9-11-23-6-4-5-7-25(23)26/h4-16H,18H2,1-3H3,(H,33,34)/b24-15+. The number of hydrogen-bond donors (Lipinski definition) is 1. The monoisotopic (exact) mass is 480 g/mol. The van der Waals surface area contributed by atoms with Crippen molar-refractivity contribution in [3.05, 3.63) is 111 Å². The molecule has 0 heterocycles. The molecule has 0 unspecified atom stereocenters. The fraction of sp³-hybridized carbons (Fsp3) is 0.133. The van der Waals surface area contributed by atoms with E-state index >= 15 is 0 Å². The number of fused-ring (bicyclic) bond motifs is 1. The number of nitriles is 1. The van der Waals surface area contributed by atoms with Crippen molar-refractivity contribution < 1.29 is 9.53 Å². The molecule has 1 amide bonds. The van der Waals surface area contributed by atoms with Crippen molar-refractivity contribution in [3.8, 4) is 11.8 Å². The molecule has 35 heavy (non-hydrogen) atoms. The van der Waals surface area contributed by atoms with Crippen molar-refractivity contribution in [2.75, 3.05) is 5.32 Å². The number of nitrogens with one attached hydrogen (secondary N) is 1. The summed E-state index contributed by atoms with van der Waals surface area (Å²) in [5.41, 5.74) is 5.58. The number of carbonyl (C=O) groups is 1. The van der Waals surface area contributed by atoms with Gasteiger partial charge in [0.05, 0.1) is 5.02 Å². The Bertz CT molecular complexity index is 1500. The van der Waals surface area contributed by atoms with E-state index in [1.54, 1.807) is 18.2 Å². The SMILES string of the molecule is Cc1ccc(NC(=O)/C(C#N)=C/c2ccc(OCc3c(C)ccc4ccccc34)c(Cl)c2)c(C)c1. The molecule has 174 valence electrons. The van der Waals surface area contributed by atoms with Crippen molar-refractivity contribution in [2.45, 2.75) is 27.4 Å². The second-order valence-corrected chi connectivity index (χ2v) is 8.91. The number of anilines is 1. The lowest BCUT2D eigenvalue weighted by molar-refractivity contribution is -0.112. The van der Waals surface area contributed by atoms with Crippen molar-refractivity contribution in [2.24, 2.45) is 0 Å². The molecule has 4 aromatic rings. The smallest absolute Gasteiger partial charge is 0.266 e. The zero-order valence-corrected chi connectivity index (χ0v) is 20.6. The van der Waals surface area contributed by atoms with Gasteiger partial charge in [-0.15, -0.1) is 0 Å². The Morgan fingerprint density at radius 2 is 1.80 bits per heavy atom. The molecule has 5 heteroatoms. The van der Waals surface area contributed by atoms with Gasteiger partial charge in [0, 0.05) is 11.3 Å². The van der Waals surface area contributed by atoms with E-state index in [0.29, 0.717) is 28.6 Å². The highest BCUT2D eigenvalue weighted by Crippen LogP contribution is 2.29. The molecule has 0 aliphatic carbocycles. The molecule has 0 saturated carbocycles. The van der Waals surface area contributed by atoms with Gasteiger partial charge in [0.1, 0.15) is 24.0 Å². The minimum atomic E-state index is -0.470. The van der Waals surface area contributed by atoms with Crippen molar-refractivity contribution in [1.29, 1.82) is 5.26 Å². The Labute approximate surface area is 210 Å². The number of hydrogen-bond acceptors (Lipinski definition) is 3. The molecule has 4 nitrogen and oxygen atoms in total. The maximum Gasteiger partial charge on any atom is 0.266 e. The van der Waals surface area contributed by atoms with Crippen LogP contribution in [0.4, 0.5) is 5.69 Å². The predicted octanol–water partition coefficient (Wildman–Crippen LogP) is 7.54. The first-order valence-electron chi connectivity index (χ1n) is 11.3. The molecular weight excluding hydrogens is 456 g/mol. The fourth-order valence-electron chi connectivity index (χ4n) is 3.97. The fourth-order valence-corrected chi connectivity index (χ4v) is 4.21. The lowest BCUT2D eigenvalue weighted by Gasteiger charge is -2.13. The number of amides is 1. The zero-order chi connectivity index (χ0) is 24.9. The van der Waals surface area contributed by atoms with Crippen molar-refractivity contribution >= 4 is 40.0 Å². The summed E-state index contributed by atoms with van der Waals surface area (Å²) in [5, 5.41) is 15.1. The lowest BCUT2D eigenvalue weighted by atomic mass is 10.0. The first-order valence-corrected chi connectivity index (χ1v) is 11.6. The molecule has 0 atom stereocenters. The van der Waals surface area contributed by atoms with E-state index in [1.807, 2.05) is 50.2 Å². The van der Waals surface area contributed by atoms with Gasteiger partial charge in [0.2, 0.25) is 0 Å². The van der Waals surface area contributed by atoms with Crippen LogP contribution in [-0.4, -0.2) is 5.91 Å². The topological polar surface area (TPSA) is 62.1 Å². The van der Waals surface area contributed by atoms with Crippen LogP contribution in [0.15, 0.2) is 78.4 Å². The van der Waals surface area contributed by atoms with Crippen LogP contribution in [0, 0.1) is 32.1 Å². The lowest BCUT2D eigenvalue weighted by Crippen LogP contribution is -2.14. The Hall–Kier alpha value is -4.07. The van der Waals surface area contributed by atoms with Gasteiger partial charge in [-0.3, -0.25) is 4.79 Å². The summed E-state index contributed by atoms with van der Waals surface area (Å²) in [6.07, 6.45) is 1.52. The van der Waals surface area contributed by atoms with Gasteiger partial charge in [-0.2, -0.15) is 5.26 Å². The van der Waals surface area contributed by atoms with E-state index in [9.17, 15) is 10.1 Å². The second-order valence-electron chi connectivity index (χ2n) is 8.50. The summed E-state index contributed by atoms with van der Waals surface area (Å²) in [6, 6.07) is 25.3. The van der Waals surface area contributed by atoms with E-state index < -0.39 is 5.91 Å². The van der Waals surface area contributed by atoms with Crippen LogP contribution in [0.25, 0.3) is 16.8 Å². The number of ether oxygens (including phenoxy) is 1. The first-order chi connectivity index (χ1) is 16.9. The van der Waals surface area contributed by atoms with E-state index in [-0.39, 0.29) is 5.57 Å². The van der Waals surface area contributed by atoms with Crippen molar-refractivity contribution in [3.63, 3.8) is 0 Å².